The summed E-state index contributed by atoms with van der Waals surface area (Å²) in [5.41, 5.74) is 2.31. The largest absolute Gasteiger partial charge is 0.480 e. The summed E-state index contributed by atoms with van der Waals surface area (Å²) in [5, 5.41) is 15.0. The Morgan fingerprint density at radius 2 is 2.03 bits per heavy atom. The average molecular weight is 464 g/mol. The molecule has 0 spiro atoms. The second-order valence-corrected chi connectivity index (χ2v) is 8.46. The zero-order chi connectivity index (χ0) is 24.1. The van der Waals surface area contributed by atoms with E-state index in [0.29, 0.717) is 24.9 Å². The van der Waals surface area contributed by atoms with E-state index >= 15 is 0 Å². The molecule has 4 atom stereocenters. The lowest BCUT2D eigenvalue weighted by atomic mass is 9.97. The molecule has 0 unspecified atom stereocenters. The first kappa shape index (κ1) is 24.6. The molecule has 0 saturated carbocycles. The number of ether oxygens (including phenoxy) is 1. The number of alkyl halides is 1. The standard InChI is InChI=1S/C23H30FN3O6/c1-3-13(2)19(26-18(28)12-33-10-9-24)21(29)25-16-8-7-14-5-4-6-15-11-17(23(31)32)27(20(14)15)22(16)30/h4-6,13,16-17,19H,3,7-12H2,1-2H3,(H,25,29)(H,26,28)(H,31,32)/t13-,16-,17-,19-/m0/s1. The lowest BCUT2D eigenvalue weighted by molar-refractivity contribution is -0.140. The third kappa shape index (κ3) is 5.32. The van der Waals surface area contributed by atoms with Crippen molar-refractivity contribution in [2.45, 2.75) is 57.7 Å². The number of aryl methyl sites for hydroxylation is 1. The number of nitrogens with zero attached hydrogens (tertiary/aromatic N) is 1. The summed E-state index contributed by atoms with van der Waals surface area (Å²) < 4.78 is 17.1. The number of carboxylic acid groups (broad SMARTS) is 1. The molecule has 0 radical (unpaired) electrons. The second kappa shape index (κ2) is 10.7. The molecule has 180 valence electrons. The van der Waals surface area contributed by atoms with Crippen molar-refractivity contribution in [1.29, 1.82) is 0 Å². The van der Waals surface area contributed by atoms with Gasteiger partial charge < -0.3 is 20.5 Å². The third-order valence-corrected chi connectivity index (χ3v) is 6.28. The van der Waals surface area contributed by atoms with Gasteiger partial charge in [-0.15, -0.1) is 0 Å². The van der Waals surface area contributed by atoms with Gasteiger partial charge in [-0.2, -0.15) is 0 Å². The lowest BCUT2D eigenvalue weighted by Gasteiger charge is -2.29. The lowest BCUT2D eigenvalue weighted by Crippen LogP contribution is -2.57. The second-order valence-electron chi connectivity index (χ2n) is 8.46. The van der Waals surface area contributed by atoms with Crippen molar-refractivity contribution in [2.24, 2.45) is 5.92 Å². The number of rotatable bonds is 10. The molecule has 3 amide bonds. The van der Waals surface area contributed by atoms with Gasteiger partial charge in [-0.3, -0.25) is 19.3 Å². The van der Waals surface area contributed by atoms with Gasteiger partial charge in [0.1, 0.15) is 31.4 Å². The van der Waals surface area contributed by atoms with Gasteiger partial charge in [0, 0.05) is 6.42 Å². The number of carboxylic acids is 1. The molecule has 0 bridgehead atoms. The first-order chi connectivity index (χ1) is 15.8. The van der Waals surface area contributed by atoms with Crippen LogP contribution in [0.15, 0.2) is 18.2 Å². The highest BCUT2D eigenvalue weighted by Gasteiger charge is 2.44. The highest BCUT2D eigenvalue weighted by atomic mass is 19.1. The molecular formula is C23H30FN3O6. The predicted molar refractivity (Wildman–Crippen MR) is 117 cm³/mol. The zero-order valence-electron chi connectivity index (χ0n) is 18.8. The average Bonchev–Trinajstić information content (AvgIpc) is 3.13. The molecule has 2 aliphatic rings. The van der Waals surface area contributed by atoms with Crippen molar-refractivity contribution >= 4 is 29.4 Å². The van der Waals surface area contributed by atoms with Crippen LogP contribution in [0, 0.1) is 5.92 Å². The van der Waals surface area contributed by atoms with E-state index in [4.69, 9.17) is 4.74 Å². The minimum Gasteiger partial charge on any atom is -0.480 e. The van der Waals surface area contributed by atoms with Gasteiger partial charge in [0.25, 0.3) is 0 Å². The van der Waals surface area contributed by atoms with Crippen LogP contribution >= 0.6 is 0 Å². The van der Waals surface area contributed by atoms with Crippen molar-refractivity contribution in [3.05, 3.63) is 29.3 Å². The van der Waals surface area contributed by atoms with Gasteiger partial charge in [-0.25, -0.2) is 9.18 Å². The summed E-state index contributed by atoms with van der Waals surface area (Å²) in [6.45, 7) is 2.36. The first-order valence-corrected chi connectivity index (χ1v) is 11.2. The molecule has 10 heteroatoms. The Bertz CT molecular complexity index is 923. The zero-order valence-corrected chi connectivity index (χ0v) is 18.8. The van der Waals surface area contributed by atoms with E-state index in [9.17, 15) is 28.7 Å². The van der Waals surface area contributed by atoms with E-state index < -0.39 is 48.5 Å². The molecule has 33 heavy (non-hydrogen) atoms. The van der Waals surface area contributed by atoms with Gasteiger partial charge >= 0.3 is 5.97 Å². The number of para-hydroxylation sites is 1. The summed E-state index contributed by atoms with van der Waals surface area (Å²) in [5.74, 6) is -2.90. The van der Waals surface area contributed by atoms with Crippen molar-refractivity contribution in [1.82, 2.24) is 10.6 Å². The molecule has 0 aromatic heterocycles. The van der Waals surface area contributed by atoms with E-state index in [0.717, 1.165) is 11.1 Å². The molecule has 1 aromatic carbocycles. The Morgan fingerprint density at radius 3 is 2.70 bits per heavy atom. The minimum absolute atomic E-state index is 0.215. The number of hydrogen-bond donors (Lipinski definition) is 3. The van der Waals surface area contributed by atoms with Crippen LogP contribution in [0.3, 0.4) is 0 Å². The number of halogens is 1. The van der Waals surface area contributed by atoms with Gasteiger partial charge in [-0.1, -0.05) is 38.5 Å². The van der Waals surface area contributed by atoms with Crippen LogP contribution in [-0.4, -0.2) is 66.8 Å². The molecule has 9 nitrogen and oxygen atoms in total. The molecular weight excluding hydrogens is 433 g/mol. The number of nitrogens with one attached hydrogen (secondary N) is 2. The van der Waals surface area contributed by atoms with Crippen molar-refractivity contribution in [3.63, 3.8) is 0 Å². The highest BCUT2D eigenvalue weighted by molar-refractivity contribution is 6.07. The van der Waals surface area contributed by atoms with E-state index in [2.05, 4.69) is 10.6 Å². The first-order valence-electron chi connectivity index (χ1n) is 11.2. The third-order valence-electron chi connectivity index (χ3n) is 6.28. The SMILES string of the molecule is CC[C@H](C)[C@H](NC(=O)COCCF)C(=O)N[C@H]1CCc2cccc3c2N(C1=O)[C@H](C(=O)O)C3. The number of amides is 3. The van der Waals surface area contributed by atoms with E-state index in [1.165, 1.54) is 4.90 Å². The normalized spacial score (nSPS) is 21.1. The van der Waals surface area contributed by atoms with Crippen LogP contribution in [0.2, 0.25) is 0 Å². The highest BCUT2D eigenvalue weighted by Crippen LogP contribution is 2.39. The maximum absolute atomic E-state index is 13.4. The summed E-state index contributed by atoms with van der Waals surface area (Å²) in [6.07, 6.45) is 1.62. The van der Waals surface area contributed by atoms with Crippen molar-refractivity contribution < 1.29 is 33.4 Å². The van der Waals surface area contributed by atoms with Crippen LogP contribution in [-0.2, 0) is 36.8 Å². The van der Waals surface area contributed by atoms with Crippen LogP contribution in [0.25, 0.3) is 0 Å². The van der Waals surface area contributed by atoms with Gasteiger partial charge in [0.2, 0.25) is 17.7 Å². The smallest absolute Gasteiger partial charge is 0.327 e. The molecule has 3 rings (SSSR count). The van der Waals surface area contributed by atoms with Crippen LogP contribution in [0.1, 0.15) is 37.8 Å². The monoisotopic (exact) mass is 463 g/mol. The van der Waals surface area contributed by atoms with Crippen LogP contribution < -0.4 is 15.5 Å². The van der Waals surface area contributed by atoms with Crippen molar-refractivity contribution in [2.75, 3.05) is 24.8 Å². The van der Waals surface area contributed by atoms with Gasteiger partial charge in [-0.05, 0) is 29.9 Å². The molecule has 1 aromatic rings. The van der Waals surface area contributed by atoms with Crippen LogP contribution in [0.4, 0.5) is 10.1 Å². The van der Waals surface area contributed by atoms with Crippen LogP contribution in [0.5, 0.6) is 0 Å². The Kier molecular flexibility index (Phi) is 8.01. The van der Waals surface area contributed by atoms with E-state index in [-0.39, 0.29) is 25.6 Å². The van der Waals surface area contributed by atoms with E-state index in [1.54, 1.807) is 6.92 Å². The van der Waals surface area contributed by atoms with Gasteiger partial charge in [0.05, 0.1) is 12.3 Å². The maximum atomic E-state index is 13.4. The van der Waals surface area contributed by atoms with Gasteiger partial charge in [0.15, 0.2) is 0 Å². The minimum atomic E-state index is -1.10. The number of hydrogen-bond acceptors (Lipinski definition) is 5. The summed E-state index contributed by atoms with van der Waals surface area (Å²) in [7, 11) is 0. The number of carbonyl (C=O) groups is 4. The molecule has 2 heterocycles. The topological polar surface area (TPSA) is 125 Å². The summed E-state index contributed by atoms with van der Waals surface area (Å²) in [6, 6.07) is 2.67. The number of benzene rings is 1. The Balaban J connectivity index is 1.77. The van der Waals surface area contributed by atoms with E-state index in [1.807, 2.05) is 25.1 Å². The predicted octanol–water partition coefficient (Wildman–Crippen LogP) is 0.977. The fourth-order valence-corrected chi connectivity index (χ4v) is 4.36. The fourth-order valence-electron chi connectivity index (χ4n) is 4.36. The number of carbonyl (C=O) groups excluding carboxylic acids is 3. The summed E-state index contributed by atoms with van der Waals surface area (Å²) in [4.78, 5) is 51.8. The Labute approximate surface area is 191 Å². The molecule has 0 fully saturated rings. The van der Waals surface area contributed by atoms with Crippen molar-refractivity contribution in [3.8, 4) is 0 Å². The molecule has 0 saturated heterocycles. The number of anilines is 1. The molecule has 3 N–H and O–H groups in total. The fraction of sp³-hybridized carbons (Fsp3) is 0.565. The molecule has 2 aliphatic heterocycles. The maximum Gasteiger partial charge on any atom is 0.327 e. The Hall–Kier alpha value is -3.01. The Morgan fingerprint density at radius 1 is 1.30 bits per heavy atom. The summed E-state index contributed by atoms with van der Waals surface area (Å²) >= 11 is 0. The quantitative estimate of drug-likeness (QED) is 0.444. The molecule has 0 aliphatic carbocycles. The number of aliphatic carboxylic acids is 1.